The molecule has 1 aromatic heterocycles. The molecule has 0 radical (unpaired) electrons. The van der Waals surface area contributed by atoms with Gasteiger partial charge < -0.3 is 24.8 Å². The molecule has 23 heavy (non-hydrogen) atoms. The van der Waals surface area contributed by atoms with Gasteiger partial charge in [-0.15, -0.1) is 5.10 Å². The molecule has 4 atom stereocenters. The molecule has 0 spiro atoms. The van der Waals surface area contributed by atoms with Gasteiger partial charge in [0.25, 0.3) is 0 Å². The van der Waals surface area contributed by atoms with Gasteiger partial charge in [0.15, 0.2) is 6.29 Å². The average molecular weight is 321 g/mol. The minimum atomic E-state index is -1.31. The molecule has 0 saturated carbocycles. The molecule has 3 N–H and O–H groups in total. The Hall–Kier alpha value is -1.84. The van der Waals surface area contributed by atoms with Crippen LogP contribution in [0.2, 0.25) is 0 Å². The predicted octanol–water partition coefficient (Wildman–Crippen LogP) is -0.718. The average Bonchev–Trinajstić information content (AvgIpc) is 3.00. The first-order valence-corrected chi connectivity index (χ1v) is 7.34. The lowest BCUT2D eigenvalue weighted by atomic mass is 10.1. The topological polar surface area (TPSA) is 110 Å². The molecule has 1 saturated heterocycles. The Balaban J connectivity index is 1.53. The predicted molar refractivity (Wildman–Crippen MR) is 78.1 cm³/mol. The smallest absolute Gasteiger partial charge is 0.186 e. The molecule has 1 aliphatic heterocycles. The summed E-state index contributed by atoms with van der Waals surface area (Å²) in [7, 11) is 0. The van der Waals surface area contributed by atoms with Crippen LogP contribution in [0.4, 0.5) is 0 Å². The van der Waals surface area contributed by atoms with E-state index < -0.39 is 24.6 Å². The highest BCUT2D eigenvalue weighted by Gasteiger charge is 2.38. The molecule has 1 aromatic carbocycles. The lowest BCUT2D eigenvalue weighted by Gasteiger charge is -2.34. The standard InChI is InChI=1S/C15H19N3O5/c19-12-9-23-15(14(21)13(12)20)22-8-11-7-18(17-16-11)6-10-4-2-1-3-5-10/h1-5,7,12-15,19-21H,6,8-9H2/t12-,13+,14-,15-/m1/s1. The van der Waals surface area contributed by atoms with Crippen molar-refractivity contribution in [3.8, 4) is 0 Å². The second-order valence-corrected chi connectivity index (χ2v) is 5.45. The maximum atomic E-state index is 9.78. The van der Waals surface area contributed by atoms with Crippen molar-refractivity contribution in [3.63, 3.8) is 0 Å². The van der Waals surface area contributed by atoms with Gasteiger partial charge in [0.05, 0.1) is 26.0 Å². The van der Waals surface area contributed by atoms with Crippen LogP contribution in [0.25, 0.3) is 0 Å². The molecule has 0 unspecified atom stereocenters. The van der Waals surface area contributed by atoms with Gasteiger partial charge in [0.1, 0.15) is 24.0 Å². The Kier molecular flexibility index (Phi) is 4.99. The quantitative estimate of drug-likeness (QED) is 0.667. The zero-order valence-corrected chi connectivity index (χ0v) is 12.4. The molecule has 2 aromatic rings. The van der Waals surface area contributed by atoms with Gasteiger partial charge in [0.2, 0.25) is 0 Å². The SMILES string of the molecule is O[C@@H]1[C@@H](O)[C@H](OCc2cn(Cc3ccccc3)nn2)OC[C@H]1O. The molecule has 8 heteroatoms. The van der Waals surface area contributed by atoms with Crippen LogP contribution in [0.5, 0.6) is 0 Å². The Bertz CT molecular complexity index is 621. The van der Waals surface area contributed by atoms with Crippen molar-refractivity contribution in [2.24, 2.45) is 0 Å². The first kappa shape index (κ1) is 16.0. The Morgan fingerprint density at radius 2 is 1.96 bits per heavy atom. The second-order valence-electron chi connectivity index (χ2n) is 5.45. The van der Waals surface area contributed by atoms with Gasteiger partial charge in [-0.1, -0.05) is 35.5 Å². The molecule has 2 heterocycles. The largest absolute Gasteiger partial charge is 0.388 e. The fourth-order valence-electron chi connectivity index (χ4n) is 2.35. The van der Waals surface area contributed by atoms with E-state index in [0.717, 1.165) is 5.56 Å². The summed E-state index contributed by atoms with van der Waals surface area (Å²) in [4.78, 5) is 0. The third-order valence-corrected chi connectivity index (χ3v) is 3.62. The summed E-state index contributed by atoms with van der Waals surface area (Å²) in [5.74, 6) is 0. The van der Waals surface area contributed by atoms with Crippen LogP contribution < -0.4 is 0 Å². The van der Waals surface area contributed by atoms with Gasteiger partial charge in [-0.2, -0.15) is 0 Å². The molecular formula is C15H19N3O5. The Labute approximate surface area is 132 Å². The number of nitrogens with zero attached hydrogens (tertiary/aromatic N) is 3. The number of aliphatic hydroxyl groups excluding tert-OH is 3. The molecule has 0 amide bonds. The van der Waals surface area contributed by atoms with Crippen LogP contribution in [0.15, 0.2) is 36.5 Å². The zero-order valence-electron chi connectivity index (χ0n) is 12.4. The molecule has 1 aliphatic rings. The number of hydrogen-bond acceptors (Lipinski definition) is 7. The highest BCUT2D eigenvalue weighted by Crippen LogP contribution is 2.17. The Morgan fingerprint density at radius 3 is 2.74 bits per heavy atom. The first-order chi connectivity index (χ1) is 11.1. The molecule has 8 nitrogen and oxygen atoms in total. The summed E-state index contributed by atoms with van der Waals surface area (Å²) < 4.78 is 12.2. The van der Waals surface area contributed by atoms with E-state index in [0.29, 0.717) is 12.2 Å². The van der Waals surface area contributed by atoms with E-state index in [-0.39, 0.29) is 13.2 Å². The summed E-state index contributed by atoms with van der Waals surface area (Å²) in [6.45, 7) is 0.588. The van der Waals surface area contributed by atoms with E-state index in [2.05, 4.69) is 10.3 Å². The van der Waals surface area contributed by atoms with Crippen molar-refractivity contribution in [2.45, 2.75) is 37.8 Å². The van der Waals surface area contributed by atoms with E-state index in [1.165, 1.54) is 0 Å². The van der Waals surface area contributed by atoms with Crippen LogP contribution in [0.3, 0.4) is 0 Å². The van der Waals surface area contributed by atoms with Crippen LogP contribution in [-0.4, -0.2) is 61.5 Å². The maximum absolute atomic E-state index is 9.78. The summed E-state index contributed by atoms with van der Waals surface area (Å²) >= 11 is 0. The van der Waals surface area contributed by atoms with E-state index in [9.17, 15) is 15.3 Å². The fraction of sp³-hybridized carbons (Fsp3) is 0.467. The summed E-state index contributed by atoms with van der Waals surface area (Å²) in [5.41, 5.74) is 1.69. The molecular weight excluding hydrogens is 302 g/mol. The number of aromatic nitrogens is 3. The first-order valence-electron chi connectivity index (χ1n) is 7.34. The third-order valence-electron chi connectivity index (χ3n) is 3.62. The summed E-state index contributed by atoms with van der Waals surface area (Å²) in [5, 5.41) is 36.8. The highest BCUT2D eigenvalue weighted by molar-refractivity contribution is 5.14. The number of hydrogen-bond donors (Lipinski definition) is 3. The van der Waals surface area contributed by atoms with Gasteiger partial charge in [-0.3, -0.25) is 0 Å². The number of ether oxygens (including phenoxy) is 2. The fourth-order valence-corrected chi connectivity index (χ4v) is 2.35. The van der Waals surface area contributed by atoms with E-state index in [1.54, 1.807) is 10.9 Å². The van der Waals surface area contributed by atoms with E-state index >= 15 is 0 Å². The van der Waals surface area contributed by atoms with Gasteiger partial charge in [-0.25, -0.2) is 4.68 Å². The van der Waals surface area contributed by atoms with Gasteiger partial charge in [0, 0.05) is 0 Å². The van der Waals surface area contributed by atoms with Crippen molar-refractivity contribution in [1.29, 1.82) is 0 Å². The minimum Gasteiger partial charge on any atom is -0.388 e. The third kappa shape index (κ3) is 3.92. The molecule has 0 aliphatic carbocycles. The summed E-state index contributed by atoms with van der Waals surface area (Å²) in [6.07, 6.45) is -2.97. The normalized spacial score (nSPS) is 28.0. The van der Waals surface area contributed by atoms with E-state index in [4.69, 9.17) is 9.47 Å². The van der Waals surface area contributed by atoms with Crippen molar-refractivity contribution in [2.75, 3.05) is 6.61 Å². The number of benzene rings is 1. The second kappa shape index (κ2) is 7.16. The zero-order chi connectivity index (χ0) is 16.2. The van der Waals surface area contributed by atoms with Crippen LogP contribution in [0, 0.1) is 0 Å². The molecule has 124 valence electrons. The van der Waals surface area contributed by atoms with Crippen LogP contribution in [0.1, 0.15) is 11.3 Å². The summed E-state index contributed by atoms with van der Waals surface area (Å²) in [6, 6.07) is 9.86. The maximum Gasteiger partial charge on any atom is 0.186 e. The molecule has 0 bridgehead atoms. The molecule has 1 fully saturated rings. The number of aliphatic hydroxyl groups is 3. The van der Waals surface area contributed by atoms with Crippen molar-refractivity contribution in [1.82, 2.24) is 15.0 Å². The monoisotopic (exact) mass is 321 g/mol. The van der Waals surface area contributed by atoms with Crippen molar-refractivity contribution in [3.05, 3.63) is 47.8 Å². The number of rotatable bonds is 5. The lowest BCUT2D eigenvalue weighted by Crippen LogP contribution is -2.53. The van der Waals surface area contributed by atoms with Gasteiger partial charge in [-0.05, 0) is 5.56 Å². The Morgan fingerprint density at radius 1 is 1.17 bits per heavy atom. The molecule has 3 rings (SSSR count). The van der Waals surface area contributed by atoms with Gasteiger partial charge >= 0.3 is 0 Å². The lowest BCUT2D eigenvalue weighted by molar-refractivity contribution is -0.273. The van der Waals surface area contributed by atoms with Crippen LogP contribution >= 0.6 is 0 Å². The minimum absolute atomic E-state index is 0.0827. The van der Waals surface area contributed by atoms with Crippen LogP contribution in [-0.2, 0) is 22.6 Å². The van der Waals surface area contributed by atoms with E-state index in [1.807, 2.05) is 30.3 Å². The highest BCUT2D eigenvalue weighted by atomic mass is 16.7. The van der Waals surface area contributed by atoms with Crippen molar-refractivity contribution >= 4 is 0 Å². The van der Waals surface area contributed by atoms with Crippen molar-refractivity contribution < 1.29 is 24.8 Å².